The molecular weight excluding hydrogens is 661 g/mol. The Hall–Kier alpha value is -7.30. The molecule has 0 spiro atoms. The first-order valence-electron chi connectivity index (χ1n) is 18.0. The zero-order valence-corrected chi connectivity index (χ0v) is 29.3. The lowest BCUT2D eigenvalue weighted by atomic mass is 9.81. The van der Waals surface area contributed by atoms with Crippen molar-refractivity contribution in [3.05, 3.63) is 229 Å². The number of fused-ring (bicyclic) bond motifs is 2. The lowest BCUT2D eigenvalue weighted by Gasteiger charge is -2.25. The quantitative estimate of drug-likeness (QED) is 0.159. The molecule has 0 amide bonds. The average molecular weight is 695 g/mol. The maximum Gasteiger partial charge on any atom is 0.194 e. The van der Waals surface area contributed by atoms with Crippen molar-refractivity contribution in [2.24, 2.45) is 0 Å². The summed E-state index contributed by atoms with van der Waals surface area (Å²) in [6.07, 6.45) is 0. The van der Waals surface area contributed by atoms with Gasteiger partial charge in [-0.3, -0.25) is 9.59 Å². The highest BCUT2D eigenvalue weighted by Crippen LogP contribution is 2.39. The molecule has 8 aromatic rings. The maximum atomic E-state index is 14.0. The van der Waals surface area contributed by atoms with Crippen molar-refractivity contribution >= 4 is 45.7 Å². The van der Waals surface area contributed by atoms with E-state index in [4.69, 9.17) is 0 Å². The molecule has 0 aromatic heterocycles. The SMILES string of the molecule is O=C1c2ccc(-c3ccc(N(c4ccccc4)c4ccccc4)cc3)cc2C(=O)c2ccc(-c3ccc(N(c4ccccc4)c4ccccc4)cc3)cc21. The van der Waals surface area contributed by atoms with Crippen LogP contribution >= 0.6 is 0 Å². The molecule has 0 N–H and O–H groups in total. The van der Waals surface area contributed by atoms with Crippen molar-refractivity contribution in [2.75, 3.05) is 9.80 Å². The molecule has 4 heteroatoms. The molecule has 0 unspecified atom stereocenters. The van der Waals surface area contributed by atoms with E-state index >= 15 is 0 Å². The fourth-order valence-corrected chi connectivity index (χ4v) is 7.32. The van der Waals surface area contributed by atoms with Crippen LogP contribution in [0.1, 0.15) is 31.8 Å². The first kappa shape index (κ1) is 32.6. The molecular formula is C50H34N2O2. The first-order chi connectivity index (χ1) is 26.6. The number of ketones is 2. The maximum absolute atomic E-state index is 14.0. The van der Waals surface area contributed by atoms with Gasteiger partial charge in [-0.25, -0.2) is 0 Å². The van der Waals surface area contributed by atoms with Crippen LogP contribution < -0.4 is 9.80 Å². The van der Waals surface area contributed by atoms with Crippen LogP contribution in [-0.4, -0.2) is 11.6 Å². The number of anilines is 6. The lowest BCUT2D eigenvalue weighted by molar-refractivity contribution is 0.0979. The van der Waals surface area contributed by atoms with Crippen molar-refractivity contribution in [2.45, 2.75) is 0 Å². The molecule has 0 radical (unpaired) electrons. The number of para-hydroxylation sites is 4. The van der Waals surface area contributed by atoms with Crippen LogP contribution in [0.5, 0.6) is 0 Å². The molecule has 0 saturated carbocycles. The summed E-state index contributed by atoms with van der Waals surface area (Å²) in [5, 5.41) is 0. The second-order valence-corrected chi connectivity index (χ2v) is 13.3. The standard InChI is InChI=1S/C50H34N2O2/c53-49-46-32-26-38(36-23-29-44(30-24-36)52(41-17-9-3-10-18-41)42-19-11-4-12-20-42)34-48(46)50(54)45-31-25-37(33-47(45)49)35-21-27-43(28-22-35)51(39-13-5-1-6-14-39)40-15-7-2-8-16-40/h1-34H. The van der Waals surface area contributed by atoms with Crippen molar-refractivity contribution in [3.8, 4) is 22.3 Å². The van der Waals surface area contributed by atoms with E-state index < -0.39 is 0 Å². The smallest absolute Gasteiger partial charge is 0.194 e. The van der Waals surface area contributed by atoms with Crippen LogP contribution in [0.15, 0.2) is 206 Å². The highest BCUT2D eigenvalue weighted by molar-refractivity contribution is 6.29. The molecule has 0 aliphatic heterocycles. The lowest BCUT2D eigenvalue weighted by Crippen LogP contribution is -2.21. The van der Waals surface area contributed by atoms with Crippen LogP contribution in [-0.2, 0) is 0 Å². The summed E-state index contributed by atoms with van der Waals surface area (Å²) >= 11 is 0. The average Bonchev–Trinajstić information content (AvgIpc) is 3.25. The number of nitrogens with zero attached hydrogens (tertiary/aromatic N) is 2. The van der Waals surface area contributed by atoms with Crippen molar-refractivity contribution in [3.63, 3.8) is 0 Å². The number of hydrogen-bond acceptors (Lipinski definition) is 4. The van der Waals surface area contributed by atoms with Gasteiger partial charge in [-0.05, 0) is 119 Å². The first-order valence-corrected chi connectivity index (χ1v) is 18.0. The number of benzene rings is 8. The minimum absolute atomic E-state index is 0.138. The molecule has 1 aliphatic carbocycles. The van der Waals surface area contributed by atoms with Gasteiger partial charge in [-0.15, -0.1) is 0 Å². The Labute approximate surface area is 314 Å². The van der Waals surface area contributed by atoms with Gasteiger partial charge in [-0.1, -0.05) is 109 Å². The Morgan fingerprint density at radius 3 is 0.796 bits per heavy atom. The predicted octanol–water partition coefficient (Wildman–Crippen LogP) is 12.7. The molecule has 0 fully saturated rings. The molecule has 54 heavy (non-hydrogen) atoms. The monoisotopic (exact) mass is 694 g/mol. The number of hydrogen-bond donors (Lipinski definition) is 0. The van der Waals surface area contributed by atoms with E-state index in [1.54, 1.807) is 12.1 Å². The van der Waals surface area contributed by atoms with Gasteiger partial charge in [0.2, 0.25) is 0 Å². The highest BCUT2D eigenvalue weighted by atomic mass is 16.1. The Balaban J connectivity index is 0.990. The van der Waals surface area contributed by atoms with Gasteiger partial charge < -0.3 is 9.80 Å². The van der Waals surface area contributed by atoms with Crippen LogP contribution in [0.3, 0.4) is 0 Å². The van der Waals surface area contributed by atoms with Crippen molar-refractivity contribution < 1.29 is 9.59 Å². The fraction of sp³-hybridized carbons (Fsp3) is 0. The summed E-state index contributed by atoms with van der Waals surface area (Å²) in [4.78, 5) is 32.4. The minimum Gasteiger partial charge on any atom is -0.311 e. The summed E-state index contributed by atoms with van der Waals surface area (Å²) in [6.45, 7) is 0. The third-order valence-corrected chi connectivity index (χ3v) is 9.99. The van der Waals surface area contributed by atoms with Crippen LogP contribution in [0, 0.1) is 0 Å². The molecule has 0 atom stereocenters. The number of rotatable bonds is 8. The highest BCUT2D eigenvalue weighted by Gasteiger charge is 2.30. The fourth-order valence-electron chi connectivity index (χ4n) is 7.32. The van der Waals surface area contributed by atoms with E-state index in [-0.39, 0.29) is 11.6 Å². The van der Waals surface area contributed by atoms with Crippen LogP contribution in [0.4, 0.5) is 34.1 Å². The molecule has 0 heterocycles. The molecule has 4 nitrogen and oxygen atoms in total. The Morgan fingerprint density at radius 2 is 0.500 bits per heavy atom. The van der Waals surface area contributed by atoms with Crippen molar-refractivity contribution in [1.29, 1.82) is 0 Å². The van der Waals surface area contributed by atoms with Crippen molar-refractivity contribution in [1.82, 2.24) is 0 Å². The topological polar surface area (TPSA) is 40.6 Å². The summed E-state index contributed by atoms with van der Waals surface area (Å²) in [7, 11) is 0. The third-order valence-electron chi connectivity index (χ3n) is 9.99. The van der Waals surface area contributed by atoms with E-state index in [9.17, 15) is 9.59 Å². The third kappa shape index (κ3) is 6.06. The summed E-state index contributed by atoms with van der Waals surface area (Å²) in [5.41, 5.74) is 11.7. The normalized spacial score (nSPS) is 11.8. The van der Waals surface area contributed by atoms with Gasteiger partial charge in [0.25, 0.3) is 0 Å². The second kappa shape index (κ2) is 14.0. The van der Waals surface area contributed by atoms with E-state index in [0.29, 0.717) is 22.3 Å². The van der Waals surface area contributed by atoms with Gasteiger partial charge in [0.15, 0.2) is 11.6 Å². The Bertz CT molecular complexity index is 2340. The van der Waals surface area contributed by atoms with E-state index in [1.165, 1.54) is 0 Å². The minimum atomic E-state index is -0.138. The molecule has 0 bridgehead atoms. The summed E-state index contributed by atoms with van der Waals surface area (Å²) in [5.74, 6) is -0.277. The molecule has 0 saturated heterocycles. The van der Waals surface area contributed by atoms with Gasteiger partial charge in [0, 0.05) is 56.4 Å². The number of carbonyl (C=O) groups excluding carboxylic acids is 2. The van der Waals surface area contributed by atoms with Gasteiger partial charge in [0.1, 0.15) is 0 Å². The molecule has 256 valence electrons. The van der Waals surface area contributed by atoms with Gasteiger partial charge >= 0.3 is 0 Å². The Morgan fingerprint density at radius 1 is 0.241 bits per heavy atom. The molecule has 8 aromatic carbocycles. The largest absolute Gasteiger partial charge is 0.311 e. The van der Waals surface area contributed by atoms with E-state index in [0.717, 1.165) is 56.4 Å². The van der Waals surface area contributed by atoms with Gasteiger partial charge in [-0.2, -0.15) is 0 Å². The summed E-state index contributed by atoms with van der Waals surface area (Å²) in [6, 6.07) is 68.9. The van der Waals surface area contributed by atoms with E-state index in [2.05, 4.69) is 107 Å². The second-order valence-electron chi connectivity index (χ2n) is 13.3. The Kier molecular flexibility index (Phi) is 8.46. The zero-order valence-electron chi connectivity index (χ0n) is 29.3. The van der Waals surface area contributed by atoms with Crippen LogP contribution in [0.2, 0.25) is 0 Å². The van der Waals surface area contributed by atoms with Gasteiger partial charge in [0.05, 0.1) is 0 Å². The number of carbonyl (C=O) groups is 2. The molecule has 1 aliphatic rings. The zero-order chi connectivity index (χ0) is 36.4. The molecule has 9 rings (SSSR count). The predicted molar refractivity (Wildman–Crippen MR) is 220 cm³/mol. The van der Waals surface area contributed by atoms with Crippen LogP contribution in [0.25, 0.3) is 22.3 Å². The summed E-state index contributed by atoms with van der Waals surface area (Å²) < 4.78 is 0. The van der Waals surface area contributed by atoms with E-state index in [1.807, 2.05) is 97.1 Å².